The van der Waals surface area contributed by atoms with Crippen LogP contribution < -0.4 is 4.74 Å². The molecule has 3 aromatic rings. The summed E-state index contributed by atoms with van der Waals surface area (Å²) in [5.74, 6) is -2.46. The first-order chi connectivity index (χ1) is 14.5. The van der Waals surface area contributed by atoms with E-state index in [-0.39, 0.29) is 23.4 Å². The van der Waals surface area contributed by atoms with Gasteiger partial charge in [-0.05, 0) is 41.3 Å². The molecule has 1 amide bonds. The molecule has 4 rings (SSSR count). The Morgan fingerprint density at radius 1 is 1.27 bits per heavy atom. The van der Waals surface area contributed by atoms with Gasteiger partial charge >= 0.3 is 0 Å². The number of thiophene rings is 1. The smallest absolute Gasteiger partial charge is 0.295 e. The number of aliphatic hydroxyl groups excluding tert-OH is 1. The van der Waals surface area contributed by atoms with Crippen LogP contribution in [0.25, 0.3) is 5.76 Å². The number of methoxy groups -OCH3 is 1. The van der Waals surface area contributed by atoms with Crippen LogP contribution in [0.3, 0.4) is 0 Å². The first-order valence-electron chi connectivity index (χ1n) is 9.06. The lowest BCUT2D eigenvalue weighted by Gasteiger charge is -2.24. The summed E-state index contributed by atoms with van der Waals surface area (Å²) in [6.45, 7) is 0.137. The Balaban J connectivity index is 1.88. The highest BCUT2D eigenvalue weighted by molar-refractivity contribution is 7.10. The minimum absolute atomic E-state index is 0.0124. The van der Waals surface area contributed by atoms with Gasteiger partial charge in [0.2, 0.25) is 0 Å². The Hall–Kier alpha value is -3.52. The molecule has 1 aliphatic heterocycles. The molecule has 0 spiro atoms. The van der Waals surface area contributed by atoms with Crippen molar-refractivity contribution in [3.05, 3.63) is 87.6 Å². The Labute approximate surface area is 175 Å². The zero-order chi connectivity index (χ0) is 21.3. The van der Waals surface area contributed by atoms with Crippen LogP contribution in [0.1, 0.15) is 22.0 Å². The number of ether oxygens (including phenoxy) is 1. The summed E-state index contributed by atoms with van der Waals surface area (Å²) < 4.78 is 19.1. The number of likely N-dealkylation sites (tertiary alicyclic amines) is 1. The first-order valence-corrected chi connectivity index (χ1v) is 9.94. The molecule has 6 nitrogen and oxygen atoms in total. The number of aromatic nitrogens is 1. The van der Waals surface area contributed by atoms with E-state index in [0.29, 0.717) is 4.88 Å². The highest BCUT2D eigenvalue weighted by Crippen LogP contribution is 2.43. The van der Waals surface area contributed by atoms with Crippen LogP contribution in [0.15, 0.2) is 65.8 Å². The normalized spacial score (nSPS) is 18.1. The van der Waals surface area contributed by atoms with Crippen molar-refractivity contribution in [3.8, 4) is 5.75 Å². The zero-order valence-corrected chi connectivity index (χ0v) is 16.7. The fraction of sp³-hybridized carbons (Fsp3) is 0.136. The predicted molar refractivity (Wildman–Crippen MR) is 109 cm³/mol. The Morgan fingerprint density at radius 3 is 2.77 bits per heavy atom. The average Bonchev–Trinajstić information content (AvgIpc) is 3.37. The molecule has 1 N–H and O–H groups in total. The SMILES string of the molecule is COc1ccc(F)cc1/C(O)=C1\C(=O)C(=O)N(Cc2cccnc2)[C@@H]1c1cccs1. The summed E-state index contributed by atoms with van der Waals surface area (Å²) in [7, 11) is 1.38. The van der Waals surface area contributed by atoms with Crippen LogP contribution in [0, 0.1) is 5.82 Å². The minimum Gasteiger partial charge on any atom is -0.507 e. The second-order valence-electron chi connectivity index (χ2n) is 6.65. The summed E-state index contributed by atoms with van der Waals surface area (Å²) in [6, 6.07) is 9.94. The van der Waals surface area contributed by atoms with E-state index in [1.54, 1.807) is 36.7 Å². The van der Waals surface area contributed by atoms with Gasteiger partial charge in [0.1, 0.15) is 17.3 Å². The summed E-state index contributed by atoms with van der Waals surface area (Å²) in [4.78, 5) is 32.0. The maximum atomic E-state index is 13.9. The number of carbonyl (C=O) groups is 2. The molecule has 1 aromatic carbocycles. The van der Waals surface area contributed by atoms with Crippen molar-refractivity contribution in [2.75, 3.05) is 7.11 Å². The third-order valence-electron chi connectivity index (χ3n) is 4.84. The number of pyridine rings is 1. The van der Waals surface area contributed by atoms with E-state index in [0.717, 1.165) is 11.6 Å². The van der Waals surface area contributed by atoms with Gasteiger partial charge < -0.3 is 14.7 Å². The fourth-order valence-corrected chi connectivity index (χ4v) is 4.33. The molecule has 2 aromatic heterocycles. The highest BCUT2D eigenvalue weighted by Gasteiger charge is 2.46. The van der Waals surface area contributed by atoms with Gasteiger partial charge in [0.15, 0.2) is 0 Å². The molecule has 30 heavy (non-hydrogen) atoms. The minimum atomic E-state index is -0.832. The number of halogens is 1. The van der Waals surface area contributed by atoms with Gasteiger partial charge in [-0.2, -0.15) is 0 Å². The van der Waals surface area contributed by atoms with Gasteiger partial charge in [0.25, 0.3) is 11.7 Å². The van der Waals surface area contributed by atoms with Crippen molar-refractivity contribution in [2.24, 2.45) is 0 Å². The molecule has 152 valence electrons. The number of Topliss-reactive ketones (excluding diaryl/α,β-unsaturated/α-hetero) is 1. The molecule has 1 fully saturated rings. The van der Waals surface area contributed by atoms with Crippen LogP contribution >= 0.6 is 11.3 Å². The van der Waals surface area contributed by atoms with E-state index < -0.39 is 29.3 Å². The number of ketones is 1. The van der Waals surface area contributed by atoms with Crippen molar-refractivity contribution in [3.63, 3.8) is 0 Å². The third-order valence-corrected chi connectivity index (χ3v) is 5.77. The maximum absolute atomic E-state index is 13.9. The predicted octanol–water partition coefficient (Wildman–Crippen LogP) is 3.91. The number of amides is 1. The molecule has 1 atom stereocenters. The monoisotopic (exact) mass is 424 g/mol. The number of carbonyl (C=O) groups excluding carboxylic acids is 2. The van der Waals surface area contributed by atoms with E-state index in [4.69, 9.17) is 4.74 Å². The van der Waals surface area contributed by atoms with Crippen molar-refractivity contribution in [1.29, 1.82) is 0 Å². The lowest BCUT2D eigenvalue weighted by Crippen LogP contribution is -2.28. The average molecular weight is 424 g/mol. The van der Waals surface area contributed by atoms with Crippen LogP contribution in [-0.4, -0.2) is 33.8 Å². The first kappa shape index (κ1) is 19.8. The number of hydrogen-bond donors (Lipinski definition) is 1. The molecule has 0 bridgehead atoms. The number of hydrogen-bond acceptors (Lipinski definition) is 6. The molecule has 1 saturated heterocycles. The molecular weight excluding hydrogens is 407 g/mol. The molecule has 8 heteroatoms. The van der Waals surface area contributed by atoms with Crippen molar-refractivity contribution in [1.82, 2.24) is 9.88 Å². The lowest BCUT2D eigenvalue weighted by molar-refractivity contribution is -0.140. The van der Waals surface area contributed by atoms with Gasteiger partial charge in [-0.3, -0.25) is 14.6 Å². The summed E-state index contributed by atoms with van der Waals surface area (Å²) in [5, 5.41) is 12.8. The summed E-state index contributed by atoms with van der Waals surface area (Å²) in [5.41, 5.74) is 0.651. The van der Waals surface area contributed by atoms with Crippen molar-refractivity contribution < 1.29 is 23.8 Å². The van der Waals surface area contributed by atoms with Gasteiger partial charge in [-0.1, -0.05) is 12.1 Å². The van der Waals surface area contributed by atoms with Crippen LogP contribution in [0.5, 0.6) is 5.75 Å². The largest absolute Gasteiger partial charge is 0.507 e. The number of rotatable bonds is 5. The molecular formula is C22H17FN2O4S. The molecule has 1 aliphatic rings. The second-order valence-corrected chi connectivity index (χ2v) is 7.63. The van der Waals surface area contributed by atoms with Crippen LogP contribution in [0.4, 0.5) is 4.39 Å². The Bertz CT molecular complexity index is 1130. The van der Waals surface area contributed by atoms with Crippen LogP contribution in [0.2, 0.25) is 0 Å². The van der Waals surface area contributed by atoms with Gasteiger partial charge in [0.05, 0.1) is 24.3 Å². The van der Waals surface area contributed by atoms with E-state index in [2.05, 4.69) is 4.98 Å². The Morgan fingerprint density at radius 2 is 2.10 bits per heavy atom. The summed E-state index contributed by atoms with van der Waals surface area (Å²) >= 11 is 1.36. The second kappa shape index (κ2) is 8.08. The van der Waals surface area contributed by atoms with E-state index in [1.165, 1.54) is 35.5 Å². The number of nitrogens with zero attached hydrogens (tertiary/aromatic N) is 2. The highest BCUT2D eigenvalue weighted by atomic mass is 32.1. The van der Waals surface area contributed by atoms with Gasteiger partial charge in [0, 0.05) is 23.8 Å². The van der Waals surface area contributed by atoms with E-state index in [9.17, 15) is 19.1 Å². The van der Waals surface area contributed by atoms with Gasteiger partial charge in [-0.15, -0.1) is 11.3 Å². The molecule has 0 saturated carbocycles. The number of aliphatic hydroxyl groups is 1. The lowest BCUT2D eigenvalue weighted by atomic mass is 9.99. The zero-order valence-electron chi connectivity index (χ0n) is 15.9. The Kier molecular flexibility index (Phi) is 5.33. The third kappa shape index (κ3) is 3.46. The molecule has 0 radical (unpaired) electrons. The molecule has 3 heterocycles. The maximum Gasteiger partial charge on any atom is 0.295 e. The fourth-order valence-electron chi connectivity index (χ4n) is 3.48. The quantitative estimate of drug-likeness (QED) is 0.382. The van der Waals surface area contributed by atoms with E-state index >= 15 is 0 Å². The van der Waals surface area contributed by atoms with E-state index in [1.807, 2.05) is 5.38 Å². The van der Waals surface area contributed by atoms with Gasteiger partial charge in [-0.25, -0.2) is 4.39 Å². The molecule has 0 unspecified atom stereocenters. The van der Waals surface area contributed by atoms with Crippen LogP contribution in [-0.2, 0) is 16.1 Å². The van der Waals surface area contributed by atoms with Crippen molar-refractivity contribution >= 4 is 28.8 Å². The topological polar surface area (TPSA) is 79.7 Å². The standard InChI is InChI=1S/C22H17FN2O4S/c1-29-16-7-6-14(23)10-15(16)20(26)18-19(17-5-3-9-30-17)25(22(28)21(18)27)12-13-4-2-8-24-11-13/h2-11,19,26H,12H2,1H3/b20-18+/t19-/m1/s1. The number of benzene rings is 1. The van der Waals surface area contributed by atoms with Crippen molar-refractivity contribution in [2.45, 2.75) is 12.6 Å². The summed E-state index contributed by atoms with van der Waals surface area (Å²) in [6.07, 6.45) is 3.23. The molecule has 0 aliphatic carbocycles.